The summed E-state index contributed by atoms with van der Waals surface area (Å²) < 4.78 is 5.36. The topological polar surface area (TPSA) is 77.8 Å². The maximum absolute atomic E-state index is 6.23. The molecule has 5 heteroatoms. The molecule has 0 unspecified atom stereocenters. The Hall–Kier alpha value is -2.27. The van der Waals surface area contributed by atoms with E-state index in [2.05, 4.69) is 15.1 Å². The zero-order valence-corrected chi connectivity index (χ0v) is 11.6. The van der Waals surface area contributed by atoms with Crippen LogP contribution in [-0.2, 0) is 6.42 Å². The van der Waals surface area contributed by atoms with Crippen LogP contribution in [-0.4, -0.2) is 20.7 Å². The van der Waals surface area contributed by atoms with E-state index in [1.54, 1.807) is 6.20 Å². The summed E-state index contributed by atoms with van der Waals surface area (Å²) in [6.07, 6.45) is 5.64. The van der Waals surface area contributed by atoms with Gasteiger partial charge in [0.15, 0.2) is 0 Å². The van der Waals surface area contributed by atoms with Gasteiger partial charge in [0.25, 0.3) is 0 Å². The van der Waals surface area contributed by atoms with E-state index in [-0.39, 0.29) is 5.54 Å². The van der Waals surface area contributed by atoms with Gasteiger partial charge in [-0.15, -0.1) is 0 Å². The highest BCUT2D eigenvalue weighted by molar-refractivity contribution is 5.92. The predicted molar refractivity (Wildman–Crippen MR) is 79.5 cm³/mol. The lowest BCUT2D eigenvalue weighted by Gasteiger charge is -2.36. The highest BCUT2D eigenvalue weighted by Gasteiger charge is 2.34. The first kappa shape index (κ1) is 12.5. The van der Waals surface area contributed by atoms with E-state index < -0.39 is 0 Å². The molecule has 4 rings (SSSR count). The largest absolute Gasteiger partial charge is 0.339 e. The molecule has 1 aliphatic rings. The maximum atomic E-state index is 6.23. The Kier molecular flexibility index (Phi) is 2.75. The first-order valence-electron chi connectivity index (χ1n) is 7.19. The van der Waals surface area contributed by atoms with E-state index in [0.29, 0.717) is 18.1 Å². The summed E-state index contributed by atoms with van der Waals surface area (Å²) in [4.78, 5) is 8.88. The highest BCUT2D eigenvalue weighted by Crippen LogP contribution is 2.32. The van der Waals surface area contributed by atoms with Crippen molar-refractivity contribution in [1.29, 1.82) is 0 Å². The molecule has 2 heterocycles. The van der Waals surface area contributed by atoms with Gasteiger partial charge in [0.2, 0.25) is 11.7 Å². The Morgan fingerprint density at radius 1 is 1.19 bits per heavy atom. The van der Waals surface area contributed by atoms with Crippen molar-refractivity contribution in [2.24, 2.45) is 5.73 Å². The Morgan fingerprint density at radius 2 is 2.05 bits per heavy atom. The molecule has 1 fully saturated rings. The molecule has 0 spiro atoms. The van der Waals surface area contributed by atoms with E-state index in [4.69, 9.17) is 10.3 Å². The zero-order chi connectivity index (χ0) is 14.3. The van der Waals surface area contributed by atoms with Gasteiger partial charge in [-0.1, -0.05) is 29.4 Å². The minimum Gasteiger partial charge on any atom is -0.339 e. The molecular weight excluding hydrogens is 264 g/mol. The molecule has 0 atom stereocenters. The number of rotatable bonds is 3. The van der Waals surface area contributed by atoms with Gasteiger partial charge in [-0.3, -0.25) is 4.98 Å². The summed E-state index contributed by atoms with van der Waals surface area (Å²) in [5.74, 6) is 1.13. The number of benzene rings is 1. The van der Waals surface area contributed by atoms with Gasteiger partial charge in [0.1, 0.15) is 5.69 Å². The molecule has 106 valence electrons. The quantitative estimate of drug-likeness (QED) is 0.798. The second kappa shape index (κ2) is 4.63. The fourth-order valence-electron chi connectivity index (χ4n) is 2.83. The fourth-order valence-corrected chi connectivity index (χ4v) is 2.83. The lowest BCUT2D eigenvalue weighted by molar-refractivity contribution is 0.222. The van der Waals surface area contributed by atoms with Gasteiger partial charge in [-0.05, 0) is 30.7 Å². The van der Waals surface area contributed by atoms with Crippen molar-refractivity contribution in [3.05, 3.63) is 42.4 Å². The minimum absolute atomic E-state index is 0.157. The minimum atomic E-state index is -0.157. The normalized spacial score (nSPS) is 16.8. The van der Waals surface area contributed by atoms with E-state index in [1.165, 1.54) is 6.42 Å². The maximum Gasteiger partial charge on any atom is 0.228 e. The predicted octanol–water partition coefficient (Wildman–Crippen LogP) is 2.71. The molecule has 1 aliphatic carbocycles. The van der Waals surface area contributed by atoms with Gasteiger partial charge in [0, 0.05) is 23.5 Å². The van der Waals surface area contributed by atoms with Crippen LogP contribution in [0.5, 0.6) is 0 Å². The summed E-state index contributed by atoms with van der Waals surface area (Å²) in [5, 5.41) is 6.22. The average Bonchev–Trinajstić information content (AvgIpc) is 2.93. The second-order valence-electron chi connectivity index (χ2n) is 5.79. The van der Waals surface area contributed by atoms with Crippen molar-refractivity contribution in [2.45, 2.75) is 31.2 Å². The molecule has 0 bridgehead atoms. The SMILES string of the molecule is NC1(Cc2nc(-c3nccc4ccccc34)no2)CCC1. The van der Waals surface area contributed by atoms with Crippen molar-refractivity contribution in [3.8, 4) is 11.5 Å². The van der Waals surface area contributed by atoms with E-state index in [0.717, 1.165) is 29.3 Å². The van der Waals surface area contributed by atoms with E-state index >= 15 is 0 Å². The van der Waals surface area contributed by atoms with Gasteiger partial charge in [-0.2, -0.15) is 4.98 Å². The third kappa shape index (κ3) is 2.19. The Bertz CT molecular complexity index is 786. The van der Waals surface area contributed by atoms with Crippen molar-refractivity contribution >= 4 is 10.8 Å². The second-order valence-corrected chi connectivity index (χ2v) is 5.79. The number of hydrogen-bond acceptors (Lipinski definition) is 5. The van der Waals surface area contributed by atoms with E-state index in [1.807, 2.05) is 30.3 Å². The lowest BCUT2D eigenvalue weighted by atomic mass is 9.75. The third-order valence-corrected chi connectivity index (χ3v) is 4.21. The number of nitrogens with two attached hydrogens (primary N) is 1. The van der Waals surface area contributed by atoms with Crippen LogP contribution in [0.2, 0.25) is 0 Å². The van der Waals surface area contributed by atoms with Gasteiger partial charge >= 0.3 is 0 Å². The molecule has 2 aromatic heterocycles. The highest BCUT2D eigenvalue weighted by atomic mass is 16.5. The molecule has 2 N–H and O–H groups in total. The summed E-state index contributed by atoms with van der Waals surface area (Å²) >= 11 is 0. The molecule has 0 radical (unpaired) electrons. The van der Waals surface area contributed by atoms with Crippen LogP contribution in [0.15, 0.2) is 41.1 Å². The smallest absolute Gasteiger partial charge is 0.228 e. The standard InChI is InChI=1S/C16H16N4O/c17-16(7-3-8-16)10-13-19-15(20-21-13)14-12-5-2-1-4-11(12)6-9-18-14/h1-2,4-6,9H,3,7-8,10,17H2. The van der Waals surface area contributed by atoms with Crippen LogP contribution in [0.25, 0.3) is 22.3 Å². The zero-order valence-electron chi connectivity index (χ0n) is 11.6. The van der Waals surface area contributed by atoms with Crippen LogP contribution >= 0.6 is 0 Å². The number of aromatic nitrogens is 3. The van der Waals surface area contributed by atoms with E-state index in [9.17, 15) is 0 Å². The molecule has 1 saturated carbocycles. The van der Waals surface area contributed by atoms with Gasteiger partial charge in [0.05, 0.1) is 0 Å². The van der Waals surface area contributed by atoms with Crippen molar-refractivity contribution in [1.82, 2.24) is 15.1 Å². The van der Waals surface area contributed by atoms with Crippen LogP contribution in [0.4, 0.5) is 0 Å². The van der Waals surface area contributed by atoms with Crippen LogP contribution in [0.1, 0.15) is 25.2 Å². The summed E-state index contributed by atoms with van der Waals surface area (Å²) in [6.45, 7) is 0. The molecule has 0 amide bonds. The first-order chi connectivity index (χ1) is 10.2. The summed E-state index contributed by atoms with van der Waals surface area (Å²) in [7, 11) is 0. The molecule has 3 aromatic rings. The fraction of sp³-hybridized carbons (Fsp3) is 0.312. The third-order valence-electron chi connectivity index (χ3n) is 4.21. The number of pyridine rings is 1. The molecule has 0 aliphatic heterocycles. The summed E-state index contributed by atoms with van der Waals surface area (Å²) in [5.41, 5.74) is 6.83. The molecule has 5 nitrogen and oxygen atoms in total. The number of fused-ring (bicyclic) bond motifs is 1. The Labute approximate surface area is 122 Å². The molecule has 0 saturated heterocycles. The van der Waals surface area contributed by atoms with Crippen molar-refractivity contribution < 1.29 is 4.52 Å². The Morgan fingerprint density at radius 3 is 2.86 bits per heavy atom. The first-order valence-corrected chi connectivity index (χ1v) is 7.19. The lowest BCUT2D eigenvalue weighted by Crippen LogP contribution is -2.48. The van der Waals surface area contributed by atoms with Crippen LogP contribution < -0.4 is 5.73 Å². The molecule has 21 heavy (non-hydrogen) atoms. The number of hydrogen-bond donors (Lipinski definition) is 1. The van der Waals surface area contributed by atoms with Crippen LogP contribution in [0, 0.1) is 0 Å². The van der Waals surface area contributed by atoms with Crippen LogP contribution in [0.3, 0.4) is 0 Å². The van der Waals surface area contributed by atoms with Crippen molar-refractivity contribution in [2.75, 3.05) is 0 Å². The number of nitrogens with zero attached hydrogens (tertiary/aromatic N) is 3. The summed E-state index contributed by atoms with van der Waals surface area (Å²) in [6, 6.07) is 10.0. The van der Waals surface area contributed by atoms with Gasteiger partial charge in [-0.25, -0.2) is 0 Å². The molecular formula is C16H16N4O. The monoisotopic (exact) mass is 280 g/mol. The molecule has 1 aromatic carbocycles. The van der Waals surface area contributed by atoms with Gasteiger partial charge < -0.3 is 10.3 Å². The average molecular weight is 280 g/mol. The van der Waals surface area contributed by atoms with Crippen molar-refractivity contribution in [3.63, 3.8) is 0 Å². The Balaban J connectivity index is 1.71.